The van der Waals surface area contributed by atoms with E-state index in [-0.39, 0.29) is 23.9 Å². The molecule has 0 saturated carbocycles. The number of carbonyl (C=O) groups excluding carboxylic acids is 2. The first-order chi connectivity index (χ1) is 12.6. The van der Waals surface area contributed by atoms with Crippen molar-refractivity contribution >= 4 is 27.8 Å². The molecular formula is C20H27BrN2O3. The van der Waals surface area contributed by atoms with Crippen LogP contribution in [-0.4, -0.2) is 60.5 Å². The van der Waals surface area contributed by atoms with E-state index in [2.05, 4.69) is 27.8 Å². The van der Waals surface area contributed by atoms with Crippen molar-refractivity contribution < 1.29 is 14.3 Å². The third kappa shape index (κ3) is 4.86. The summed E-state index contributed by atoms with van der Waals surface area (Å²) in [6.45, 7) is 6.32. The van der Waals surface area contributed by atoms with Crippen LogP contribution in [-0.2, 0) is 9.53 Å². The highest BCUT2D eigenvalue weighted by Gasteiger charge is 2.31. The molecule has 2 aliphatic heterocycles. The summed E-state index contributed by atoms with van der Waals surface area (Å²) >= 11 is 3.38. The van der Waals surface area contributed by atoms with E-state index in [1.807, 2.05) is 29.2 Å². The van der Waals surface area contributed by atoms with Crippen LogP contribution in [0.15, 0.2) is 28.7 Å². The van der Waals surface area contributed by atoms with Crippen LogP contribution in [0.25, 0.3) is 0 Å². The minimum Gasteiger partial charge on any atom is -0.461 e. The Labute approximate surface area is 163 Å². The van der Waals surface area contributed by atoms with Gasteiger partial charge < -0.3 is 9.64 Å². The second-order valence-corrected chi connectivity index (χ2v) is 8.08. The summed E-state index contributed by atoms with van der Waals surface area (Å²) in [7, 11) is 0. The van der Waals surface area contributed by atoms with Gasteiger partial charge in [0, 0.05) is 29.7 Å². The molecule has 2 heterocycles. The fourth-order valence-electron chi connectivity index (χ4n) is 3.75. The minimum atomic E-state index is -0.0824. The number of esters is 1. The molecule has 0 N–H and O–H groups in total. The molecule has 2 aliphatic rings. The van der Waals surface area contributed by atoms with Crippen LogP contribution >= 0.6 is 15.9 Å². The molecule has 1 atom stereocenters. The molecule has 6 heteroatoms. The third-order valence-corrected chi connectivity index (χ3v) is 5.93. The van der Waals surface area contributed by atoms with E-state index < -0.39 is 0 Å². The van der Waals surface area contributed by atoms with Crippen LogP contribution in [0.5, 0.6) is 0 Å². The van der Waals surface area contributed by atoms with Crippen LogP contribution in [0.1, 0.15) is 43.0 Å². The zero-order valence-corrected chi connectivity index (χ0v) is 16.9. The molecule has 142 valence electrons. The standard InChI is InChI=1S/C20H27BrN2O3/c1-2-22-11-3-4-18(14-22)26-20(25)16-9-12-23(13-10-16)19(24)15-5-7-17(21)8-6-15/h5-8,16,18H,2-4,9-14H2,1H3. The van der Waals surface area contributed by atoms with Crippen molar-refractivity contribution in [1.82, 2.24) is 9.80 Å². The number of hydrogen-bond acceptors (Lipinski definition) is 4. The predicted octanol–water partition coefficient (Wildman–Crippen LogP) is 3.33. The highest BCUT2D eigenvalue weighted by molar-refractivity contribution is 9.10. The molecule has 5 nitrogen and oxygen atoms in total. The van der Waals surface area contributed by atoms with Gasteiger partial charge in [-0.1, -0.05) is 22.9 Å². The van der Waals surface area contributed by atoms with Gasteiger partial charge in [-0.25, -0.2) is 0 Å². The zero-order chi connectivity index (χ0) is 18.5. The van der Waals surface area contributed by atoms with Gasteiger partial charge >= 0.3 is 5.97 Å². The highest BCUT2D eigenvalue weighted by atomic mass is 79.9. The fourth-order valence-corrected chi connectivity index (χ4v) is 4.01. The lowest BCUT2D eigenvalue weighted by molar-refractivity contribution is -0.158. The molecule has 0 spiro atoms. The largest absolute Gasteiger partial charge is 0.461 e. The monoisotopic (exact) mass is 422 g/mol. The van der Waals surface area contributed by atoms with Crippen LogP contribution in [0, 0.1) is 5.92 Å². The van der Waals surface area contributed by atoms with Gasteiger partial charge in [0.05, 0.1) is 5.92 Å². The number of ether oxygens (including phenoxy) is 1. The zero-order valence-electron chi connectivity index (χ0n) is 15.3. The van der Waals surface area contributed by atoms with Gasteiger partial charge in [-0.15, -0.1) is 0 Å². The maximum Gasteiger partial charge on any atom is 0.309 e. The SMILES string of the molecule is CCN1CCCC(OC(=O)C2CCN(C(=O)c3ccc(Br)cc3)CC2)C1. The predicted molar refractivity (Wildman–Crippen MR) is 104 cm³/mol. The smallest absolute Gasteiger partial charge is 0.309 e. The Kier molecular flexibility index (Phi) is 6.70. The summed E-state index contributed by atoms with van der Waals surface area (Å²) in [5, 5.41) is 0. The second-order valence-electron chi connectivity index (χ2n) is 7.17. The van der Waals surface area contributed by atoms with E-state index >= 15 is 0 Å². The van der Waals surface area contributed by atoms with E-state index in [0.717, 1.165) is 36.9 Å². The lowest BCUT2D eigenvalue weighted by atomic mass is 9.96. The van der Waals surface area contributed by atoms with E-state index in [9.17, 15) is 9.59 Å². The number of piperidine rings is 2. The first-order valence-electron chi connectivity index (χ1n) is 9.54. The minimum absolute atomic E-state index is 0.0265. The molecule has 1 unspecified atom stereocenters. The second kappa shape index (κ2) is 9.00. The number of likely N-dealkylation sites (tertiary alicyclic amines) is 2. The Bertz CT molecular complexity index is 626. The van der Waals surface area contributed by atoms with Crippen molar-refractivity contribution in [3.05, 3.63) is 34.3 Å². The summed E-state index contributed by atoms with van der Waals surface area (Å²) in [6.07, 6.45) is 3.45. The summed E-state index contributed by atoms with van der Waals surface area (Å²) in [5.74, 6) is -0.125. The van der Waals surface area contributed by atoms with E-state index in [0.29, 0.717) is 31.5 Å². The molecular weight excluding hydrogens is 396 g/mol. The summed E-state index contributed by atoms with van der Waals surface area (Å²) < 4.78 is 6.73. The third-order valence-electron chi connectivity index (χ3n) is 5.40. The number of nitrogens with zero attached hydrogens (tertiary/aromatic N) is 2. The number of rotatable bonds is 4. The average Bonchev–Trinajstić information content (AvgIpc) is 2.68. The number of hydrogen-bond donors (Lipinski definition) is 0. The van der Waals surface area contributed by atoms with Crippen LogP contribution < -0.4 is 0 Å². The lowest BCUT2D eigenvalue weighted by Crippen LogP contribution is -2.43. The van der Waals surface area contributed by atoms with Gasteiger partial charge in [-0.05, 0) is 63.0 Å². The van der Waals surface area contributed by atoms with Gasteiger partial charge in [-0.3, -0.25) is 14.5 Å². The van der Waals surface area contributed by atoms with Gasteiger partial charge in [0.2, 0.25) is 0 Å². The van der Waals surface area contributed by atoms with Gasteiger partial charge in [0.25, 0.3) is 5.91 Å². The number of halogens is 1. The first kappa shape index (κ1) is 19.4. The van der Waals surface area contributed by atoms with Crippen LogP contribution in [0.4, 0.5) is 0 Å². The maximum absolute atomic E-state index is 12.6. The number of amides is 1. The number of carbonyl (C=O) groups is 2. The molecule has 1 aromatic carbocycles. The molecule has 1 aromatic rings. The maximum atomic E-state index is 12.6. The van der Waals surface area contributed by atoms with E-state index in [1.54, 1.807) is 0 Å². The Balaban J connectivity index is 1.47. The molecule has 26 heavy (non-hydrogen) atoms. The summed E-state index contributed by atoms with van der Waals surface area (Å²) in [4.78, 5) is 29.2. The lowest BCUT2D eigenvalue weighted by Gasteiger charge is -2.34. The van der Waals surface area contributed by atoms with Gasteiger partial charge in [0.15, 0.2) is 0 Å². The number of likely N-dealkylation sites (N-methyl/N-ethyl adjacent to an activating group) is 1. The summed E-state index contributed by atoms with van der Waals surface area (Å²) in [5.41, 5.74) is 0.691. The van der Waals surface area contributed by atoms with Crippen LogP contribution in [0.3, 0.4) is 0 Å². The molecule has 0 bridgehead atoms. The van der Waals surface area contributed by atoms with E-state index in [1.165, 1.54) is 0 Å². The molecule has 1 amide bonds. The number of benzene rings is 1. The first-order valence-corrected chi connectivity index (χ1v) is 10.3. The topological polar surface area (TPSA) is 49.9 Å². The normalized spacial score (nSPS) is 22.2. The van der Waals surface area contributed by atoms with Gasteiger partial charge in [-0.2, -0.15) is 0 Å². The molecule has 2 saturated heterocycles. The molecule has 0 radical (unpaired) electrons. The molecule has 3 rings (SSSR count). The Morgan fingerprint density at radius 2 is 1.81 bits per heavy atom. The van der Waals surface area contributed by atoms with Crippen molar-refractivity contribution in [2.75, 3.05) is 32.7 Å². The van der Waals surface area contributed by atoms with Crippen molar-refractivity contribution in [1.29, 1.82) is 0 Å². The van der Waals surface area contributed by atoms with E-state index in [4.69, 9.17) is 4.74 Å². The van der Waals surface area contributed by atoms with Gasteiger partial charge in [0.1, 0.15) is 6.10 Å². The molecule has 0 aliphatic carbocycles. The summed E-state index contributed by atoms with van der Waals surface area (Å²) in [6, 6.07) is 7.41. The quantitative estimate of drug-likeness (QED) is 0.698. The average molecular weight is 423 g/mol. The Morgan fingerprint density at radius 3 is 2.46 bits per heavy atom. The van der Waals surface area contributed by atoms with Crippen molar-refractivity contribution in [2.24, 2.45) is 5.92 Å². The fraction of sp³-hybridized carbons (Fsp3) is 0.600. The Hall–Kier alpha value is -1.40. The van der Waals surface area contributed by atoms with Crippen molar-refractivity contribution in [2.45, 2.75) is 38.7 Å². The Morgan fingerprint density at radius 1 is 1.12 bits per heavy atom. The van der Waals surface area contributed by atoms with Crippen molar-refractivity contribution in [3.63, 3.8) is 0 Å². The van der Waals surface area contributed by atoms with Crippen LogP contribution in [0.2, 0.25) is 0 Å². The van der Waals surface area contributed by atoms with Crippen molar-refractivity contribution in [3.8, 4) is 0 Å². The highest BCUT2D eigenvalue weighted by Crippen LogP contribution is 2.23. The molecule has 0 aromatic heterocycles. The molecule has 2 fully saturated rings.